The maximum absolute atomic E-state index is 11.1. The van der Waals surface area contributed by atoms with Crippen LogP contribution in [-0.4, -0.2) is 25.3 Å². The zero-order chi connectivity index (χ0) is 11.1. The first-order valence-electron chi connectivity index (χ1n) is 4.56. The average Bonchev–Trinajstić information content (AvgIpc) is 2.21. The largest absolute Gasteiger partial charge is 0.377 e. The second-order valence-electron chi connectivity index (χ2n) is 3.06. The molecular weight excluding hydrogens is 232 g/mol. The summed E-state index contributed by atoms with van der Waals surface area (Å²) >= 11 is 7.53. The Bertz CT molecular complexity index is 328. The third-order valence-electron chi connectivity index (χ3n) is 1.78. The van der Waals surface area contributed by atoms with Crippen LogP contribution in [0.2, 0.25) is 5.02 Å². The highest BCUT2D eigenvalue weighted by molar-refractivity contribution is 7.99. The summed E-state index contributed by atoms with van der Waals surface area (Å²) in [4.78, 5) is 11.1. The fourth-order valence-corrected chi connectivity index (χ4v) is 2.26. The predicted molar refractivity (Wildman–Crippen MR) is 64.5 cm³/mol. The number of rotatable bonds is 6. The normalized spacial score (nSPS) is 10.3. The third-order valence-corrected chi connectivity index (χ3v) is 3.19. The van der Waals surface area contributed by atoms with Gasteiger partial charge >= 0.3 is 0 Å². The first kappa shape index (κ1) is 12.6. The maximum Gasteiger partial charge on any atom is 0.168 e. The van der Waals surface area contributed by atoms with Crippen molar-refractivity contribution in [2.24, 2.45) is 0 Å². The zero-order valence-corrected chi connectivity index (χ0v) is 10.1. The van der Waals surface area contributed by atoms with Crippen molar-refractivity contribution in [1.82, 2.24) is 0 Å². The van der Waals surface area contributed by atoms with Crippen LogP contribution in [0.1, 0.15) is 5.56 Å². The van der Waals surface area contributed by atoms with Crippen LogP contribution < -0.4 is 0 Å². The van der Waals surface area contributed by atoms with Crippen LogP contribution in [0.15, 0.2) is 24.3 Å². The van der Waals surface area contributed by atoms with Gasteiger partial charge in [-0.3, -0.25) is 4.79 Å². The van der Waals surface area contributed by atoms with Crippen molar-refractivity contribution in [2.45, 2.75) is 5.75 Å². The van der Waals surface area contributed by atoms with Gasteiger partial charge in [-0.25, -0.2) is 0 Å². The summed E-state index contributed by atoms with van der Waals surface area (Å²) in [6.07, 6.45) is 0. The zero-order valence-electron chi connectivity index (χ0n) is 8.53. The highest BCUT2D eigenvalue weighted by Gasteiger charge is 2.03. The number of ketones is 1. The van der Waals surface area contributed by atoms with Crippen molar-refractivity contribution >= 4 is 29.1 Å². The number of carbonyl (C=O) groups is 1. The number of hydrogen-bond donors (Lipinski definition) is 0. The van der Waals surface area contributed by atoms with E-state index in [0.29, 0.717) is 5.75 Å². The minimum atomic E-state index is 0.106. The molecular formula is C11H13ClO2S. The SMILES string of the molecule is COCC(=O)CSCc1ccccc1Cl. The Morgan fingerprint density at radius 2 is 2.20 bits per heavy atom. The number of hydrogen-bond acceptors (Lipinski definition) is 3. The van der Waals surface area contributed by atoms with Crippen LogP contribution in [0.4, 0.5) is 0 Å². The molecule has 0 aliphatic carbocycles. The number of halogens is 1. The molecule has 4 heteroatoms. The molecule has 0 unspecified atom stereocenters. The molecule has 2 nitrogen and oxygen atoms in total. The number of carbonyl (C=O) groups excluding carboxylic acids is 1. The summed E-state index contributed by atoms with van der Waals surface area (Å²) in [5.41, 5.74) is 1.06. The summed E-state index contributed by atoms with van der Waals surface area (Å²) in [6.45, 7) is 0.190. The van der Waals surface area contributed by atoms with Crippen molar-refractivity contribution in [2.75, 3.05) is 19.5 Å². The van der Waals surface area contributed by atoms with E-state index in [1.165, 1.54) is 7.11 Å². The van der Waals surface area contributed by atoms with Crippen LogP contribution in [0.3, 0.4) is 0 Å². The second kappa shape index (κ2) is 6.88. The van der Waals surface area contributed by atoms with Crippen LogP contribution in [0.5, 0.6) is 0 Å². The number of thioether (sulfide) groups is 1. The minimum Gasteiger partial charge on any atom is -0.377 e. The van der Waals surface area contributed by atoms with Crippen LogP contribution in [-0.2, 0) is 15.3 Å². The standard InChI is InChI=1S/C11H13ClO2S/c1-14-6-10(13)8-15-7-9-4-2-3-5-11(9)12/h2-5H,6-8H2,1H3. The monoisotopic (exact) mass is 244 g/mol. The van der Waals surface area contributed by atoms with Gasteiger partial charge in [0.15, 0.2) is 5.78 Å². The first-order valence-corrected chi connectivity index (χ1v) is 6.09. The van der Waals surface area contributed by atoms with Gasteiger partial charge in [0.25, 0.3) is 0 Å². The van der Waals surface area contributed by atoms with Gasteiger partial charge in [0.2, 0.25) is 0 Å². The van der Waals surface area contributed by atoms with Crippen molar-refractivity contribution in [1.29, 1.82) is 0 Å². The topological polar surface area (TPSA) is 26.3 Å². The van der Waals surface area contributed by atoms with E-state index in [1.807, 2.05) is 24.3 Å². The van der Waals surface area contributed by atoms with Crippen molar-refractivity contribution in [3.8, 4) is 0 Å². The number of benzene rings is 1. The average molecular weight is 245 g/mol. The highest BCUT2D eigenvalue weighted by Crippen LogP contribution is 2.20. The molecule has 0 heterocycles. The lowest BCUT2D eigenvalue weighted by molar-refractivity contribution is -0.120. The highest BCUT2D eigenvalue weighted by atomic mass is 35.5. The second-order valence-corrected chi connectivity index (χ2v) is 4.45. The minimum absolute atomic E-state index is 0.106. The maximum atomic E-state index is 11.1. The molecule has 15 heavy (non-hydrogen) atoms. The van der Waals surface area contributed by atoms with Crippen molar-refractivity contribution < 1.29 is 9.53 Å². The smallest absolute Gasteiger partial charge is 0.168 e. The molecule has 0 N–H and O–H groups in total. The Morgan fingerprint density at radius 3 is 2.87 bits per heavy atom. The summed E-state index contributed by atoms with van der Waals surface area (Å²) in [5.74, 6) is 1.34. The van der Waals surface area contributed by atoms with Gasteiger partial charge in [0.1, 0.15) is 6.61 Å². The number of methoxy groups -OCH3 is 1. The lowest BCUT2D eigenvalue weighted by Crippen LogP contribution is -2.09. The molecule has 0 bridgehead atoms. The molecule has 0 aromatic heterocycles. The van der Waals surface area contributed by atoms with Gasteiger partial charge < -0.3 is 4.74 Å². The third kappa shape index (κ3) is 4.69. The molecule has 0 aliphatic rings. The molecule has 82 valence electrons. The van der Waals surface area contributed by atoms with E-state index in [0.717, 1.165) is 16.3 Å². The van der Waals surface area contributed by atoms with Crippen LogP contribution >= 0.6 is 23.4 Å². The molecule has 0 saturated carbocycles. The molecule has 0 atom stereocenters. The molecule has 1 rings (SSSR count). The molecule has 0 fully saturated rings. The Kier molecular flexibility index (Phi) is 5.76. The summed E-state index contributed by atoms with van der Waals surface area (Å²) in [5, 5.41) is 0.754. The Balaban J connectivity index is 2.32. The van der Waals surface area contributed by atoms with E-state index in [4.69, 9.17) is 16.3 Å². The Hall–Kier alpha value is -0.510. The Morgan fingerprint density at radius 1 is 1.47 bits per heavy atom. The first-order chi connectivity index (χ1) is 7.24. The van der Waals surface area contributed by atoms with Crippen molar-refractivity contribution in [3.63, 3.8) is 0 Å². The van der Waals surface area contributed by atoms with Gasteiger partial charge in [-0.05, 0) is 11.6 Å². The fourth-order valence-electron chi connectivity index (χ4n) is 1.09. The summed E-state index contributed by atoms with van der Waals surface area (Å²) < 4.78 is 4.74. The van der Waals surface area contributed by atoms with Gasteiger partial charge in [0.05, 0.1) is 5.75 Å². The van der Waals surface area contributed by atoms with E-state index in [-0.39, 0.29) is 12.4 Å². The van der Waals surface area contributed by atoms with Gasteiger partial charge in [0, 0.05) is 17.9 Å². The van der Waals surface area contributed by atoms with Gasteiger partial charge in [-0.2, -0.15) is 0 Å². The lowest BCUT2D eigenvalue weighted by atomic mass is 10.2. The van der Waals surface area contributed by atoms with Crippen LogP contribution in [0, 0.1) is 0 Å². The van der Waals surface area contributed by atoms with E-state index >= 15 is 0 Å². The van der Waals surface area contributed by atoms with E-state index in [2.05, 4.69) is 0 Å². The lowest BCUT2D eigenvalue weighted by Gasteiger charge is -2.03. The Labute approximate surface area is 99.0 Å². The van der Waals surface area contributed by atoms with E-state index in [1.54, 1.807) is 11.8 Å². The van der Waals surface area contributed by atoms with Gasteiger partial charge in [-0.15, -0.1) is 11.8 Å². The van der Waals surface area contributed by atoms with Gasteiger partial charge in [-0.1, -0.05) is 29.8 Å². The fraction of sp³-hybridized carbons (Fsp3) is 0.364. The number of Topliss-reactive ketones (excluding diaryl/α,β-unsaturated/α-hetero) is 1. The van der Waals surface area contributed by atoms with E-state index < -0.39 is 0 Å². The summed E-state index contributed by atoms with van der Waals surface area (Å²) in [7, 11) is 1.52. The summed E-state index contributed by atoms with van der Waals surface area (Å²) in [6, 6.07) is 7.66. The molecule has 0 radical (unpaired) electrons. The molecule has 1 aromatic rings. The molecule has 0 saturated heterocycles. The van der Waals surface area contributed by atoms with Crippen LogP contribution in [0.25, 0.3) is 0 Å². The van der Waals surface area contributed by atoms with E-state index in [9.17, 15) is 4.79 Å². The number of ether oxygens (including phenoxy) is 1. The quantitative estimate of drug-likeness (QED) is 0.770. The van der Waals surface area contributed by atoms with Crippen molar-refractivity contribution in [3.05, 3.63) is 34.9 Å². The molecule has 1 aromatic carbocycles. The molecule has 0 aliphatic heterocycles. The molecule has 0 amide bonds. The molecule has 0 spiro atoms. The predicted octanol–water partition coefficient (Wildman–Crippen LogP) is 2.79.